The monoisotopic (exact) mass is 392 g/mol. The summed E-state index contributed by atoms with van der Waals surface area (Å²) in [7, 11) is 1.28. The summed E-state index contributed by atoms with van der Waals surface area (Å²) in [5.41, 5.74) is -2.42. The Morgan fingerprint density at radius 2 is 1.75 bits per heavy atom. The molecule has 0 aliphatic carbocycles. The molecule has 6 nitrogen and oxygen atoms in total. The molecule has 0 aromatic heterocycles. The van der Waals surface area contributed by atoms with Crippen molar-refractivity contribution in [1.82, 2.24) is 10.2 Å². The van der Waals surface area contributed by atoms with Crippen molar-refractivity contribution in [2.45, 2.75) is 12.5 Å². The molecule has 1 N–H and O–H groups in total. The Morgan fingerprint density at radius 1 is 1.11 bits per heavy atom. The molecular weight excluding hydrogens is 377 g/mol. The van der Waals surface area contributed by atoms with E-state index in [1.807, 2.05) is 0 Å². The summed E-state index contributed by atoms with van der Waals surface area (Å²) in [5, 5.41) is 2.28. The number of ether oxygens (including phenoxy) is 1. The van der Waals surface area contributed by atoms with Crippen LogP contribution in [-0.4, -0.2) is 36.3 Å². The summed E-state index contributed by atoms with van der Waals surface area (Å²) < 4.78 is 46.2. The van der Waals surface area contributed by atoms with E-state index in [-0.39, 0.29) is 16.9 Å². The summed E-state index contributed by atoms with van der Waals surface area (Å²) in [5.74, 6) is -4.02. The average Bonchev–Trinajstić information content (AvgIpc) is 2.87. The summed E-state index contributed by atoms with van der Waals surface area (Å²) in [6, 6.07) is 4.80. The van der Waals surface area contributed by atoms with E-state index in [1.54, 1.807) is 0 Å². The number of amides is 3. The Kier molecular flexibility index (Phi) is 4.84. The number of hydrogen-bond acceptors (Lipinski definition) is 4. The Balaban J connectivity index is 1.92. The first kappa shape index (κ1) is 19.4. The van der Waals surface area contributed by atoms with Crippen LogP contribution < -0.4 is 10.1 Å². The molecule has 0 spiro atoms. The minimum atomic E-state index is -1.89. The zero-order valence-corrected chi connectivity index (χ0v) is 14.9. The van der Waals surface area contributed by atoms with Crippen molar-refractivity contribution in [3.63, 3.8) is 0 Å². The van der Waals surface area contributed by atoms with Crippen molar-refractivity contribution in [3.8, 4) is 5.75 Å². The van der Waals surface area contributed by atoms with Crippen LogP contribution in [0.4, 0.5) is 18.0 Å². The number of rotatable bonds is 5. The Hall–Kier alpha value is -3.36. The van der Waals surface area contributed by atoms with Crippen molar-refractivity contribution in [1.29, 1.82) is 0 Å². The second-order valence-electron chi connectivity index (χ2n) is 6.34. The zero-order valence-electron chi connectivity index (χ0n) is 14.9. The number of urea groups is 1. The first-order valence-corrected chi connectivity index (χ1v) is 8.13. The quantitative estimate of drug-likeness (QED) is 0.627. The molecule has 1 saturated heterocycles. The summed E-state index contributed by atoms with van der Waals surface area (Å²) >= 11 is 0. The van der Waals surface area contributed by atoms with Gasteiger partial charge in [0.2, 0.25) is 0 Å². The highest BCUT2D eigenvalue weighted by Crippen LogP contribution is 2.31. The number of ketones is 1. The van der Waals surface area contributed by atoms with Gasteiger partial charge in [-0.2, -0.15) is 0 Å². The molecule has 1 fully saturated rings. The van der Waals surface area contributed by atoms with Crippen LogP contribution in [-0.2, 0) is 10.3 Å². The molecule has 2 aromatic rings. The van der Waals surface area contributed by atoms with Gasteiger partial charge in [-0.15, -0.1) is 0 Å². The number of carbonyl (C=O) groups is 3. The van der Waals surface area contributed by atoms with Gasteiger partial charge in [-0.05, 0) is 43.3 Å². The second kappa shape index (κ2) is 6.99. The second-order valence-corrected chi connectivity index (χ2v) is 6.34. The largest absolute Gasteiger partial charge is 0.496 e. The molecule has 0 saturated carbocycles. The molecule has 146 valence electrons. The number of nitrogens with zero attached hydrogens (tertiary/aromatic N) is 1. The molecular formula is C19H15F3N2O4. The molecule has 2 aromatic carbocycles. The summed E-state index contributed by atoms with van der Waals surface area (Å²) in [4.78, 5) is 38.2. The topological polar surface area (TPSA) is 75.7 Å². The molecule has 1 atom stereocenters. The van der Waals surface area contributed by atoms with Crippen LogP contribution in [0, 0.1) is 17.5 Å². The lowest BCUT2D eigenvalue weighted by Crippen LogP contribution is -2.42. The van der Waals surface area contributed by atoms with Gasteiger partial charge in [-0.1, -0.05) is 0 Å². The van der Waals surface area contributed by atoms with Crippen molar-refractivity contribution in [2.75, 3.05) is 13.7 Å². The lowest BCUT2D eigenvalue weighted by molar-refractivity contribution is -0.130. The Labute approximate surface area is 157 Å². The standard InChI is InChI=1S/C19H15F3N2O4/c1-19(13-8-11(21)3-5-14(13)22)17(26)24(18(27)23-19)9-15(25)12-7-10(20)4-6-16(12)28-2/h3-8H,9H2,1-2H3,(H,23,27). The van der Waals surface area contributed by atoms with Crippen LogP contribution in [0.5, 0.6) is 5.75 Å². The number of halogens is 3. The minimum absolute atomic E-state index is 0.0670. The smallest absolute Gasteiger partial charge is 0.325 e. The lowest BCUT2D eigenvalue weighted by Gasteiger charge is -2.22. The molecule has 3 amide bonds. The van der Waals surface area contributed by atoms with E-state index >= 15 is 0 Å². The number of imide groups is 1. The van der Waals surface area contributed by atoms with Crippen LogP contribution in [0.15, 0.2) is 36.4 Å². The normalized spacial score (nSPS) is 19.0. The molecule has 28 heavy (non-hydrogen) atoms. The van der Waals surface area contributed by atoms with E-state index in [4.69, 9.17) is 4.74 Å². The van der Waals surface area contributed by atoms with Gasteiger partial charge in [0.05, 0.1) is 19.2 Å². The fourth-order valence-electron chi connectivity index (χ4n) is 3.03. The SMILES string of the molecule is COc1ccc(F)cc1C(=O)CN1C(=O)NC(C)(c2cc(F)ccc2F)C1=O. The van der Waals surface area contributed by atoms with Gasteiger partial charge >= 0.3 is 6.03 Å². The van der Waals surface area contributed by atoms with Gasteiger partial charge in [-0.3, -0.25) is 14.5 Å². The first-order valence-electron chi connectivity index (χ1n) is 8.13. The van der Waals surface area contributed by atoms with Gasteiger partial charge in [0, 0.05) is 5.56 Å². The van der Waals surface area contributed by atoms with Crippen molar-refractivity contribution >= 4 is 17.7 Å². The lowest BCUT2D eigenvalue weighted by atomic mass is 9.91. The van der Waals surface area contributed by atoms with Gasteiger partial charge in [0.15, 0.2) is 5.78 Å². The Morgan fingerprint density at radius 3 is 2.43 bits per heavy atom. The molecule has 3 rings (SSSR count). The van der Waals surface area contributed by atoms with Crippen LogP contribution in [0.1, 0.15) is 22.8 Å². The van der Waals surface area contributed by atoms with Crippen LogP contribution in [0.3, 0.4) is 0 Å². The number of carbonyl (C=O) groups excluding carboxylic acids is 3. The molecule has 0 bridgehead atoms. The fraction of sp³-hybridized carbons (Fsp3) is 0.211. The third-order valence-corrected chi connectivity index (χ3v) is 4.51. The van der Waals surface area contributed by atoms with Crippen molar-refractivity contribution in [2.24, 2.45) is 0 Å². The highest BCUT2D eigenvalue weighted by atomic mass is 19.1. The summed E-state index contributed by atoms with van der Waals surface area (Å²) in [6.45, 7) is 0.481. The van der Waals surface area contributed by atoms with E-state index in [9.17, 15) is 27.6 Å². The molecule has 1 unspecified atom stereocenters. The van der Waals surface area contributed by atoms with E-state index in [2.05, 4.69) is 5.32 Å². The molecule has 0 radical (unpaired) electrons. The first-order chi connectivity index (χ1) is 13.2. The maximum absolute atomic E-state index is 14.2. The predicted octanol–water partition coefficient (Wildman–Crippen LogP) is 2.76. The summed E-state index contributed by atoms with van der Waals surface area (Å²) in [6.07, 6.45) is 0. The van der Waals surface area contributed by atoms with E-state index in [0.29, 0.717) is 4.90 Å². The highest BCUT2D eigenvalue weighted by molar-refractivity contribution is 6.11. The number of hydrogen-bond donors (Lipinski definition) is 1. The molecule has 1 heterocycles. The Bertz CT molecular complexity index is 995. The minimum Gasteiger partial charge on any atom is -0.496 e. The molecule has 1 aliphatic heterocycles. The third-order valence-electron chi connectivity index (χ3n) is 4.51. The maximum Gasteiger partial charge on any atom is 0.325 e. The van der Waals surface area contributed by atoms with E-state index in [0.717, 1.165) is 30.3 Å². The van der Waals surface area contributed by atoms with Gasteiger partial charge in [0.1, 0.15) is 28.7 Å². The highest BCUT2D eigenvalue weighted by Gasteiger charge is 2.51. The fourth-order valence-corrected chi connectivity index (χ4v) is 3.03. The van der Waals surface area contributed by atoms with Crippen LogP contribution in [0.2, 0.25) is 0 Å². The predicted molar refractivity (Wildman–Crippen MR) is 91.2 cm³/mol. The molecule has 1 aliphatic rings. The van der Waals surface area contributed by atoms with E-state index in [1.165, 1.54) is 20.1 Å². The van der Waals surface area contributed by atoms with Gasteiger partial charge < -0.3 is 10.1 Å². The number of nitrogens with one attached hydrogen (secondary N) is 1. The van der Waals surface area contributed by atoms with E-state index < -0.39 is 47.3 Å². The third kappa shape index (κ3) is 3.19. The maximum atomic E-state index is 14.2. The van der Waals surface area contributed by atoms with Crippen LogP contribution in [0.25, 0.3) is 0 Å². The van der Waals surface area contributed by atoms with Crippen molar-refractivity contribution in [3.05, 3.63) is 65.0 Å². The number of benzene rings is 2. The van der Waals surface area contributed by atoms with Crippen LogP contribution >= 0.6 is 0 Å². The average molecular weight is 392 g/mol. The van der Waals surface area contributed by atoms with Gasteiger partial charge in [0.25, 0.3) is 5.91 Å². The number of methoxy groups -OCH3 is 1. The van der Waals surface area contributed by atoms with Crippen molar-refractivity contribution < 1.29 is 32.3 Å². The number of Topliss-reactive ketones (excluding diaryl/α,β-unsaturated/α-hetero) is 1. The zero-order chi connectivity index (χ0) is 20.6. The van der Waals surface area contributed by atoms with Gasteiger partial charge in [-0.25, -0.2) is 18.0 Å². The molecule has 9 heteroatoms.